The largest absolute Gasteiger partial charge is 0.374 e. The topological polar surface area (TPSA) is 141 Å². The molecule has 3 saturated heterocycles. The van der Waals surface area contributed by atoms with Gasteiger partial charge in [-0.3, -0.25) is 24.5 Å². The van der Waals surface area contributed by atoms with Gasteiger partial charge in [-0.2, -0.15) is 5.10 Å². The number of likely N-dealkylation sites (tertiary alicyclic amines) is 1. The molecule has 0 spiro atoms. The van der Waals surface area contributed by atoms with Crippen molar-refractivity contribution in [2.45, 2.75) is 95.1 Å². The number of rotatable bonds is 14. The lowest BCUT2D eigenvalue weighted by Crippen LogP contribution is -2.47. The number of carbonyl (C=O) groups excluding carboxylic acids is 4. The van der Waals surface area contributed by atoms with Crippen molar-refractivity contribution in [3.63, 3.8) is 0 Å². The number of benzene rings is 2. The van der Waals surface area contributed by atoms with Crippen LogP contribution in [0.1, 0.15) is 110 Å². The molecule has 3 N–H and O–H groups in total. The maximum atomic E-state index is 14.6. The summed E-state index contributed by atoms with van der Waals surface area (Å²) in [5, 5.41) is 12.9. The number of hydrogen-bond donors (Lipinski definition) is 3. The summed E-state index contributed by atoms with van der Waals surface area (Å²) in [6.45, 7) is 2.64. The highest BCUT2D eigenvalue weighted by Gasteiger charge is 2.31. The molecule has 0 aliphatic carbocycles. The summed E-state index contributed by atoms with van der Waals surface area (Å²) in [5.74, 6) is -0.524. The van der Waals surface area contributed by atoms with Crippen molar-refractivity contribution < 1.29 is 28.0 Å². The van der Waals surface area contributed by atoms with Crippen LogP contribution in [0, 0.1) is 11.6 Å². The average Bonchev–Trinajstić information content (AvgIpc) is 3.86. The number of aromatic nitrogens is 3. The first-order valence-corrected chi connectivity index (χ1v) is 19.6. The molecule has 4 amide bonds. The summed E-state index contributed by atoms with van der Waals surface area (Å²) in [7, 11) is 0. The molecule has 2 aromatic heterocycles. The van der Waals surface area contributed by atoms with Crippen molar-refractivity contribution >= 4 is 40.8 Å². The number of anilines is 2. The smallest absolute Gasteiger partial charge is 0.256 e. The van der Waals surface area contributed by atoms with E-state index in [9.17, 15) is 28.0 Å². The quantitative estimate of drug-likeness (QED) is 0.105. The summed E-state index contributed by atoms with van der Waals surface area (Å²) >= 11 is 0. The highest BCUT2D eigenvalue weighted by Crippen LogP contribution is 2.37. The van der Waals surface area contributed by atoms with Crippen LogP contribution in [0.25, 0.3) is 5.65 Å². The van der Waals surface area contributed by atoms with Gasteiger partial charge in [0.05, 0.1) is 12.2 Å². The van der Waals surface area contributed by atoms with E-state index in [1.54, 1.807) is 16.8 Å². The molecule has 0 bridgehead atoms. The van der Waals surface area contributed by atoms with E-state index < -0.39 is 17.7 Å². The Kier molecular flexibility index (Phi) is 12.0. The van der Waals surface area contributed by atoms with Crippen LogP contribution in [0.15, 0.2) is 60.9 Å². The third-order valence-corrected chi connectivity index (χ3v) is 11.1. The number of nitrogens with one attached hydrogen (secondary N) is 3. The summed E-state index contributed by atoms with van der Waals surface area (Å²) in [4.78, 5) is 58.1. The van der Waals surface area contributed by atoms with Gasteiger partial charge < -0.3 is 20.4 Å². The second-order valence-corrected chi connectivity index (χ2v) is 14.8. The first-order chi connectivity index (χ1) is 26.7. The number of hydrogen-bond acceptors (Lipinski definition) is 8. The summed E-state index contributed by atoms with van der Waals surface area (Å²) < 4.78 is 30.1. The zero-order valence-corrected chi connectivity index (χ0v) is 30.9. The normalized spacial score (nSPS) is 19.2. The van der Waals surface area contributed by atoms with Gasteiger partial charge >= 0.3 is 0 Å². The van der Waals surface area contributed by atoms with E-state index in [2.05, 4.69) is 33.2 Å². The molecular weight excluding hydrogens is 706 g/mol. The minimum atomic E-state index is -0.482. The Bertz CT molecular complexity index is 2010. The summed E-state index contributed by atoms with van der Waals surface area (Å²) in [6, 6.07) is 12.7. The van der Waals surface area contributed by atoms with Crippen LogP contribution in [-0.4, -0.2) is 75.3 Å². The molecule has 0 radical (unpaired) electrons. The van der Waals surface area contributed by atoms with Gasteiger partial charge in [0.2, 0.25) is 17.7 Å². The van der Waals surface area contributed by atoms with Crippen LogP contribution in [0.5, 0.6) is 0 Å². The van der Waals surface area contributed by atoms with E-state index in [1.165, 1.54) is 17.8 Å². The van der Waals surface area contributed by atoms with E-state index in [1.807, 2.05) is 21.9 Å². The molecular formula is C41H48F2N8O4. The second kappa shape index (κ2) is 17.4. The average molecular weight is 755 g/mol. The van der Waals surface area contributed by atoms with Gasteiger partial charge in [-0.15, -0.1) is 0 Å². The van der Waals surface area contributed by atoms with E-state index in [0.29, 0.717) is 67.3 Å². The Morgan fingerprint density at radius 3 is 2.47 bits per heavy atom. The molecule has 3 aliphatic heterocycles. The highest BCUT2D eigenvalue weighted by molar-refractivity contribution is 6.01. The molecule has 7 rings (SSSR count). The van der Waals surface area contributed by atoms with Crippen LogP contribution in [-0.2, 0) is 14.4 Å². The fraction of sp³-hybridized carbons (Fsp3) is 0.463. The lowest BCUT2D eigenvalue weighted by Gasteiger charge is -2.32. The zero-order valence-electron chi connectivity index (χ0n) is 30.9. The molecule has 2 unspecified atom stereocenters. The zero-order chi connectivity index (χ0) is 38.3. The lowest BCUT2D eigenvalue weighted by atomic mass is 9.89. The van der Waals surface area contributed by atoms with Gasteiger partial charge in [-0.25, -0.2) is 18.3 Å². The Balaban J connectivity index is 0.783. The van der Waals surface area contributed by atoms with Gasteiger partial charge in [0.15, 0.2) is 5.65 Å². The minimum Gasteiger partial charge on any atom is -0.374 e. The molecule has 2 aromatic carbocycles. The second-order valence-electron chi connectivity index (χ2n) is 14.8. The van der Waals surface area contributed by atoms with E-state index in [4.69, 9.17) is 4.98 Å². The van der Waals surface area contributed by atoms with Crippen molar-refractivity contribution in [1.29, 1.82) is 0 Å². The van der Waals surface area contributed by atoms with Gasteiger partial charge in [-0.1, -0.05) is 31.4 Å². The van der Waals surface area contributed by atoms with Crippen molar-refractivity contribution in [2.75, 3.05) is 36.4 Å². The molecule has 12 nitrogen and oxygen atoms in total. The van der Waals surface area contributed by atoms with Gasteiger partial charge in [0, 0.05) is 56.5 Å². The van der Waals surface area contributed by atoms with Gasteiger partial charge in [0.25, 0.3) is 5.91 Å². The molecule has 4 aromatic rings. The number of unbranched alkanes of at least 4 members (excludes halogenated alkanes) is 4. The standard InChI is InChI=1S/C41H48F2N8O4/c42-29-11-14-33(43)31(25-29)35-7-6-21-50(35)36-19-24-51-39(47-36)32(26-45-51)40(54)44-20-5-3-1-2-4-8-38(53)49-22-17-28(18-23-49)27-9-12-30(13-10-27)46-34-15-16-37(52)48-41(34)55/h9-14,19,24-26,28,34-35,46H,1-8,15-18,20-23H2,(H,44,54)(H,48,52,55). The Morgan fingerprint density at radius 1 is 0.891 bits per heavy atom. The number of imide groups is 1. The van der Waals surface area contributed by atoms with Crippen LogP contribution < -0.4 is 20.9 Å². The predicted molar refractivity (Wildman–Crippen MR) is 203 cm³/mol. The fourth-order valence-corrected chi connectivity index (χ4v) is 8.05. The molecule has 3 aliphatic rings. The first-order valence-electron chi connectivity index (χ1n) is 19.6. The number of halogens is 2. The van der Waals surface area contributed by atoms with E-state index in [0.717, 1.165) is 82.3 Å². The molecule has 14 heteroatoms. The SMILES string of the molecule is O=C1CCC(Nc2ccc(C3CCN(C(=O)CCCCCCCNC(=O)c4cnn5ccc(N6CCCC6c6cc(F)ccc6F)nc45)CC3)cc2)C(=O)N1. The van der Waals surface area contributed by atoms with Crippen LogP contribution in [0.3, 0.4) is 0 Å². The van der Waals surface area contributed by atoms with Crippen LogP contribution in [0.4, 0.5) is 20.3 Å². The first kappa shape index (κ1) is 37.9. The molecule has 3 fully saturated rings. The van der Waals surface area contributed by atoms with Gasteiger partial charge in [-0.05, 0) is 92.8 Å². The number of amides is 4. The van der Waals surface area contributed by atoms with Crippen molar-refractivity contribution in [3.8, 4) is 0 Å². The summed E-state index contributed by atoms with van der Waals surface area (Å²) in [5.41, 5.74) is 3.15. The number of nitrogens with zero attached hydrogens (tertiary/aromatic N) is 5. The summed E-state index contributed by atoms with van der Waals surface area (Å²) in [6.07, 6.45) is 12.4. The van der Waals surface area contributed by atoms with Crippen molar-refractivity contribution in [2.24, 2.45) is 0 Å². The number of fused-ring (bicyclic) bond motifs is 1. The fourth-order valence-electron chi connectivity index (χ4n) is 8.05. The third-order valence-electron chi connectivity index (χ3n) is 11.1. The number of piperidine rings is 2. The van der Waals surface area contributed by atoms with E-state index >= 15 is 0 Å². The maximum absolute atomic E-state index is 14.6. The molecule has 5 heterocycles. The number of carbonyl (C=O) groups is 4. The Labute approximate surface area is 319 Å². The lowest BCUT2D eigenvalue weighted by molar-refractivity contribution is -0.134. The minimum absolute atomic E-state index is 0.209. The monoisotopic (exact) mass is 754 g/mol. The van der Waals surface area contributed by atoms with Crippen LogP contribution >= 0.6 is 0 Å². The van der Waals surface area contributed by atoms with Crippen LogP contribution in [0.2, 0.25) is 0 Å². The van der Waals surface area contributed by atoms with Crippen molar-refractivity contribution in [1.82, 2.24) is 30.1 Å². The molecule has 290 valence electrons. The highest BCUT2D eigenvalue weighted by atomic mass is 19.1. The third kappa shape index (κ3) is 9.12. The van der Waals surface area contributed by atoms with Gasteiger partial charge in [0.1, 0.15) is 29.1 Å². The van der Waals surface area contributed by atoms with Crippen molar-refractivity contribution in [3.05, 3.63) is 89.2 Å². The maximum Gasteiger partial charge on any atom is 0.256 e. The molecule has 55 heavy (non-hydrogen) atoms. The Hall–Kier alpha value is -5.40. The van der Waals surface area contributed by atoms with E-state index in [-0.39, 0.29) is 29.7 Å². The molecule has 0 saturated carbocycles. The predicted octanol–water partition coefficient (Wildman–Crippen LogP) is 6.04. The molecule has 2 atom stereocenters. The Morgan fingerprint density at radius 2 is 1.67 bits per heavy atom.